The summed E-state index contributed by atoms with van der Waals surface area (Å²) in [7, 11) is 0. The van der Waals surface area contributed by atoms with Crippen LogP contribution in [0.25, 0.3) is 38.8 Å². The number of nitrogens with one attached hydrogen (secondary N) is 2. The maximum absolute atomic E-state index is 14.6. The number of halogens is 1. The standard InChI is InChI=1S/C32H27ClN8O3/c1-19(38-31-27-24(42)10-11-35-30(27)36-18-37-31)29-28(33)22-9-5-8-21(26(22)32(43)41(29)20-6-3-2-4-7-20)23-16-34-17-25(39-23)40-12-14-44-15-13-40/h2-11,16-19H,12-15H2,1H3,(H2,35,36,37,38,42)/t19-/m0/s1. The van der Waals surface area contributed by atoms with E-state index in [1.54, 1.807) is 17.0 Å². The number of benzene rings is 2. The number of fused-ring (bicyclic) bond motifs is 2. The molecule has 2 N–H and O–H groups in total. The lowest BCUT2D eigenvalue weighted by Crippen LogP contribution is -2.36. The van der Waals surface area contributed by atoms with Gasteiger partial charge in [0.05, 0.1) is 53.4 Å². The fourth-order valence-corrected chi connectivity index (χ4v) is 6.08. The predicted molar refractivity (Wildman–Crippen MR) is 171 cm³/mol. The van der Waals surface area contributed by atoms with Crippen LogP contribution < -0.4 is 21.2 Å². The number of hydrogen-bond acceptors (Lipinski definition) is 9. The molecular weight excluding hydrogens is 580 g/mol. The van der Waals surface area contributed by atoms with E-state index in [1.165, 1.54) is 18.6 Å². The topological polar surface area (TPSA) is 131 Å². The van der Waals surface area contributed by atoms with E-state index in [0.29, 0.717) is 81.6 Å². The molecule has 4 aromatic heterocycles. The minimum Gasteiger partial charge on any atom is -0.378 e. The Morgan fingerprint density at radius 3 is 2.61 bits per heavy atom. The molecule has 0 bridgehead atoms. The molecule has 44 heavy (non-hydrogen) atoms. The van der Waals surface area contributed by atoms with Crippen LogP contribution in [-0.4, -0.2) is 55.8 Å². The molecule has 1 aliphatic rings. The summed E-state index contributed by atoms with van der Waals surface area (Å²) in [6, 6.07) is 15.7. The zero-order valence-electron chi connectivity index (χ0n) is 23.7. The third kappa shape index (κ3) is 4.85. The molecule has 0 radical (unpaired) electrons. The second kappa shape index (κ2) is 11.5. The second-order valence-corrected chi connectivity index (χ2v) is 10.8. The van der Waals surface area contributed by atoms with Crippen molar-refractivity contribution < 1.29 is 4.74 Å². The summed E-state index contributed by atoms with van der Waals surface area (Å²) in [6.45, 7) is 4.53. The summed E-state index contributed by atoms with van der Waals surface area (Å²) in [6.07, 6.45) is 6.30. The molecule has 220 valence electrons. The van der Waals surface area contributed by atoms with Crippen molar-refractivity contribution in [2.75, 3.05) is 36.5 Å². The quantitative estimate of drug-likeness (QED) is 0.276. The Hall–Kier alpha value is -5.13. The summed E-state index contributed by atoms with van der Waals surface area (Å²) in [5.41, 5.74) is 2.25. The fourth-order valence-electron chi connectivity index (χ4n) is 5.67. The maximum atomic E-state index is 14.6. The van der Waals surface area contributed by atoms with Gasteiger partial charge >= 0.3 is 0 Å². The number of hydrogen-bond donors (Lipinski definition) is 2. The van der Waals surface area contributed by atoms with Crippen LogP contribution in [0.3, 0.4) is 0 Å². The first-order valence-electron chi connectivity index (χ1n) is 14.2. The molecule has 0 spiro atoms. The molecule has 5 heterocycles. The van der Waals surface area contributed by atoms with Crippen LogP contribution in [0.5, 0.6) is 0 Å². The molecule has 7 rings (SSSR count). The van der Waals surface area contributed by atoms with Crippen molar-refractivity contribution in [3.63, 3.8) is 0 Å². The highest BCUT2D eigenvalue weighted by Gasteiger charge is 2.25. The van der Waals surface area contributed by atoms with Crippen LogP contribution in [0.4, 0.5) is 11.6 Å². The van der Waals surface area contributed by atoms with Gasteiger partial charge < -0.3 is 19.9 Å². The number of aromatic amines is 1. The van der Waals surface area contributed by atoms with E-state index in [4.69, 9.17) is 21.3 Å². The molecule has 6 aromatic rings. The summed E-state index contributed by atoms with van der Waals surface area (Å²) >= 11 is 7.23. The molecule has 0 saturated carbocycles. The van der Waals surface area contributed by atoms with Crippen LogP contribution in [0.2, 0.25) is 5.02 Å². The number of rotatable bonds is 6. The summed E-state index contributed by atoms with van der Waals surface area (Å²) < 4.78 is 7.10. The van der Waals surface area contributed by atoms with Gasteiger partial charge in [0, 0.05) is 42.0 Å². The highest BCUT2D eigenvalue weighted by atomic mass is 35.5. The van der Waals surface area contributed by atoms with E-state index < -0.39 is 6.04 Å². The van der Waals surface area contributed by atoms with E-state index in [0.717, 1.165) is 5.82 Å². The van der Waals surface area contributed by atoms with Crippen molar-refractivity contribution in [3.05, 3.63) is 111 Å². The maximum Gasteiger partial charge on any atom is 0.264 e. The Morgan fingerprint density at radius 2 is 1.80 bits per heavy atom. The van der Waals surface area contributed by atoms with Crippen molar-refractivity contribution in [1.82, 2.24) is 29.5 Å². The number of aromatic nitrogens is 6. The molecular formula is C32H27ClN8O3. The minimum atomic E-state index is -0.550. The van der Waals surface area contributed by atoms with Crippen molar-refractivity contribution in [2.45, 2.75) is 13.0 Å². The van der Waals surface area contributed by atoms with Crippen molar-refractivity contribution in [3.8, 4) is 16.9 Å². The van der Waals surface area contributed by atoms with Crippen LogP contribution in [-0.2, 0) is 4.74 Å². The van der Waals surface area contributed by atoms with Gasteiger partial charge in [0.2, 0.25) is 0 Å². The lowest BCUT2D eigenvalue weighted by Gasteiger charge is -2.27. The first-order chi connectivity index (χ1) is 21.5. The Morgan fingerprint density at radius 1 is 0.977 bits per heavy atom. The van der Waals surface area contributed by atoms with Gasteiger partial charge in [-0.15, -0.1) is 0 Å². The molecule has 0 aliphatic carbocycles. The Bertz CT molecular complexity index is 2120. The van der Waals surface area contributed by atoms with Gasteiger partial charge in [-0.05, 0) is 19.1 Å². The van der Waals surface area contributed by atoms with Crippen molar-refractivity contribution >= 4 is 45.0 Å². The first-order valence-corrected chi connectivity index (χ1v) is 14.6. The van der Waals surface area contributed by atoms with Crippen LogP contribution in [0.1, 0.15) is 18.7 Å². The third-order valence-corrected chi connectivity index (χ3v) is 8.14. The van der Waals surface area contributed by atoms with E-state index in [9.17, 15) is 9.59 Å². The average Bonchev–Trinajstić information content (AvgIpc) is 3.07. The number of anilines is 2. The summed E-state index contributed by atoms with van der Waals surface area (Å²) in [4.78, 5) is 50.4. The van der Waals surface area contributed by atoms with Crippen LogP contribution in [0.15, 0.2) is 89.1 Å². The van der Waals surface area contributed by atoms with Gasteiger partial charge in [0.15, 0.2) is 5.43 Å². The Balaban J connectivity index is 1.43. The highest BCUT2D eigenvalue weighted by Crippen LogP contribution is 2.36. The third-order valence-electron chi connectivity index (χ3n) is 7.74. The largest absolute Gasteiger partial charge is 0.378 e. The molecule has 1 saturated heterocycles. The molecule has 0 amide bonds. The average molecular weight is 607 g/mol. The summed E-state index contributed by atoms with van der Waals surface area (Å²) in [5, 5.41) is 5.02. The summed E-state index contributed by atoms with van der Waals surface area (Å²) in [5.74, 6) is 1.05. The number of nitrogens with zero attached hydrogens (tertiary/aromatic N) is 6. The SMILES string of the molecule is C[C@H](Nc1ncnc2[nH]ccc(=O)c12)c1c(Cl)c2cccc(-c3cncc(N4CCOCC4)n3)c2c(=O)n1-c1ccccc1. The molecule has 2 aromatic carbocycles. The van der Waals surface area contributed by atoms with E-state index in [2.05, 4.69) is 30.2 Å². The van der Waals surface area contributed by atoms with Crippen LogP contribution in [0, 0.1) is 0 Å². The van der Waals surface area contributed by atoms with Gasteiger partial charge in [-0.3, -0.25) is 19.1 Å². The molecule has 1 aliphatic heterocycles. The zero-order valence-corrected chi connectivity index (χ0v) is 24.5. The zero-order chi connectivity index (χ0) is 30.2. The van der Waals surface area contributed by atoms with Gasteiger partial charge in [-0.1, -0.05) is 48.0 Å². The highest BCUT2D eigenvalue weighted by molar-refractivity contribution is 6.36. The molecule has 1 atom stereocenters. The second-order valence-electron chi connectivity index (χ2n) is 10.4. The monoisotopic (exact) mass is 606 g/mol. The smallest absolute Gasteiger partial charge is 0.264 e. The molecule has 12 heteroatoms. The number of para-hydroxylation sites is 1. The Kier molecular flexibility index (Phi) is 7.24. The van der Waals surface area contributed by atoms with Crippen LogP contribution >= 0.6 is 11.6 Å². The van der Waals surface area contributed by atoms with Gasteiger partial charge in [0.1, 0.15) is 29.0 Å². The molecule has 11 nitrogen and oxygen atoms in total. The molecule has 1 fully saturated rings. The predicted octanol–water partition coefficient (Wildman–Crippen LogP) is 4.74. The molecule has 0 unspecified atom stereocenters. The van der Waals surface area contributed by atoms with E-state index in [-0.39, 0.29) is 11.0 Å². The van der Waals surface area contributed by atoms with Crippen molar-refractivity contribution in [1.29, 1.82) is 0 Å². The van der Waals surface area contributed by atoms with Gasteiger partial charge in [-0.25, -0.2) is 15.0 Å². The van der Waals surface area contributed by atoms with E-state index >= 15 is 0 Å². The number of H-pyrrole nitrogens is 1. The van der Waals surface area contributed by atoms with Gasteiger partial charge in [-0.2, -0.15) is 0 Å². The fraction of sp³-hybridized carbons (Fsp3) is 0.188. The van der Waals surface area contributed by atoms with E-state index in [1.807, 2.05) is 55.5 Å². The Labute approximate surface area is 256 Å². The lowest BCUT2D eigenvalue weighted by molar-refractivity contribution is 0.122. The normalized spacial score (nSPS) is 14.2. The number of ether oxygens (including phenoxy) is 1. The number of pyridine rings is 2. The lowest BCUT2D eigenvalue weighted by atomic mass is 10.0. The minimum absolute atomic E-state index is 0.232. The van der Waals surface area contributed by atoms with Crippen molar-refractivity contribution in [2.24, 2.45) is 0 Å². The van der Waals surface area contributed by atoms with Gasteiger partial charge in [0.25, 0.3) is 5.56 Å². The number of morpholine rings is 1. The first kappa shape index (κ1) is 27.7.